The van der Waals surface area contributed by atoms with Crippen molar-refractivity contribution in [3.8, 4) is 11.8 Å². The van der Waals surface area contributed by atoms with Crippen LogP contribution in [0.15, 0.2) is 48.0 Å². The molecule has 0 saturated carbocycles. The number of ether oxygens (including phenoxy) is 2. The molecule has 2 aromatic rings. The Labute approximate surface area is 170 Å². The predicted octanol–water partition coefficient (Wildman–Crippen LogP) is 4.30. The molecule has 148 valence electrons. The monoisotopic (exact) mass is 389 g/mol. The highest BCUT2D eigenvalue weighted by molar-refractivity contribution is 6.03. The summed E-state index contributed by atoms with van der Waals surface area (Å²) in [5.41, 5.74) is 3.49. The Balaban J connectivity index is 1.68. The Bertz CT molecular complexity index is 983. The molecule has 2 aromatic carbocycles. The van der Waals surface area contributed by atoms with Crippen molar-refractivity contribution >= 4 is 17.8 Å². The zero-order valence-corrected chi connectivity index (χ0v) is 16.6. The second-order valence-electron chi connectivity index (χ2n) is 6.92. The largest absolute Gasteiger partial charge is 0.494 e. The second-order valence-corrected chi connectivity index (χ2v) is 6.92. The normalized spacial score (nSPS) is 13.9. The molecule has 1 aliphatic rings. The fraction of sp³-hybridized carbons (Fsp3) is 0.292. The molecule has 0 spiro atoms. The Morgan fingerprint density at radius 3 is 2.55 bits per heavy atom. The lowest BCUT2D eigenvalue weighted by atomic mass is 10.0. The number of hydrogen-bond donors (Lipinski definition) is 0. The molecule has 1 aliphatic carbocycles. The van der Waals surface area contributed by atoms with Crippen molar-refractivity contribution in [2.45, 2.75) is 39.2 Å². The third-order valence-electron chi connectivity index (χ3n) is 4.88. The van der Waals surface area contributed by atoms with E-state index in [1.807, 2.05) is 25.1 Å². The van der Waals surface area contributed by atoms with E-state index in [1.165, 1.54) is 24.1 Å². The molecule has 29 heavy (non-hydrogen) atoms. The molecule has 0 radical (unpaired) electrons. The highest BCUT2D eigenvalue weighted by Crippen LogP contribution is 2.24. The molecule has 0 heterocycles. The van der Waals surface area contributed by atoms with Gasteiger partial charge in [0.1, 0.15) is 17.4 Å². The molecule has 0 unspecified atom stereocenters. The van der Waals surface area contributed by atoms with Crippen LogP contribution in [-0.2, 0) is 22.4 Å². The smallest absolute Gasteiger partial charge is 0.349 e. The Morgan fingerprint density at radius 1 is 1.14 bits per heavy atom. The number of fused-ring (bicyclic) bond motifs is 1. The summed E-state index contributed by atoms with van der Waals surface area (Å²) in [5, 5.41) is 9.34. The van der Waals surface area contributed by atoms with Crippen molar-refractivity contribution in [2.24, 2.45) is 0 Å². The van der Waals surface area contributed by atoms with Gasteiger partial charge in [-0.25, -0.2) is 4.79 Å². The van der Waals surface area contributed by atoms with Crippen molar-refractivity contribution in [1.29, 1.82) is 5.26 Å². The highest BCUT2D eigenvalue weighted by atomic mass is 16.5. The van der Waals surface area contributed by atoms with Crippen LogP contribution in [0.4, 0.5) is 0 Å². The predicted molar refractivity (Wildman–Crippen MR) is 110 cm³/mol. The maximum absolute atomic E-state index is 12.7. The fourth-order valence-corrected chi connectivity index (χ4v) is 3.37. The van der Waals surface area contributed by atoms with Crippen molar-refractivity contribution in [1.82, 2.24) is 0 Å². The highest BCUT2D eigenvalue weighted by Gasteiger charge is 2.23. The first-order chi connectivity index (χ1) is 14.0. The van der Waals surface area contributed by atoms with Crippen LogP contribution in [0.3, 0.4) is 0 Å². The van der Waals surface area contributed by atoms with Gasteiger partial charge in [-0.2, -0.15) is 5.26 Å². The van der Waals surface area contributed by atoms with Gasteiger partial charge in [-0.15, -0.1) is 0 Å². The molecule has 0 aromatic heterocycles. The number of nitrogens with zero attached hydrogens (tertiary/aromatic N) is 1. The minimum atomic E-state index is -0.973. The van der Waals surface area contributed by atoms with Gasteiger partial charge in [0.2, 0.25) is 5.78 Å². The molecule has 0 fully saturated rings. The zero-order chi connectivity index (χ0) is 20.8. The zero-order valence-electron chi connectivity index (χ0n) is 16.6. The van der Waals surface area contributed by atoms with Crippen LogP contribution in [0.5, 0.6) is 5.75 Å². The molecule has 5 nitrogen and oxygen atoms in total. The molecule has 0 saturated heterocycles. The number of hydrogen-bond acceptors (Lipinski definition) is 5. The van der Waals surface area contributed by atoms with Gasteiger partial charge in [-0.3, -0.25) is 4.79 Å². The van der Waals surface area contributed by atoms with Crippen LogP contribution in [0.1, 0.15) is 47.3 Å². The molecular weight excluding hydrogens is 366 g/mol. The molecular formula is C24H23NO4. The van der Waals surface area contributed by atoms with Crippen LogP contribution < -0.4 is 4.74 Å². The summed E-state index contributed by atoms with van der Waals surface area (Å²) in [6.07, 6.45) is 3.56. The third kappa shape index (κ3) is 4.91. The van der Waals surface area contributed by atoms with E-state index < -0.39 is 12.1 Å². The lowest BCUT2D eigenvalue weighted by Gasteiger charge is -2.13. The van der Waals surface area contributed by atoms with E-state index in [0.717, 1.165) is 19.3 Å². The van der Waals surface area contributed by atoms with Gasteiger partial charge in [0, 0.05) is 5.56 Å². The number of Topliss-reactive ketones (excluding diaryl/α,β-unsaturated/α-hetero) is 1. The Morgan fingerprint density at radius 2 is 1.86 bits per heavy atom. The second kappa shape index (κ2) is 9.20. The lowest BCUT2D eigenvalue weighted by Crippen LogP contribution is -2.25. The molecule has 0 amide bonds. The maximum atomic E-state index is 12.7. The van der Waals surface area contributed by atoms with Gasteiger partial charge >= 0.3 is 5.97 Å². The molecule has 3 rings (SSSR count). The Hall–Kier alpha value is -3.39. The molecule has 1 atom stereocenters. The summed E-state index contributed by atoms with van der Waals surface area (Å²) in [5.74, 6) is -0.380. The summed E-state index contributed by atoms with van der Waals surface area (Å²) in [6, 6.07) is 14.5. The van der Waals surface area contributed by atoms with E-state index in [0.29, 0.717) is 23.5 Å². The van der Waals surface area contributed by atoms with Crippen LogP contribution in [0, 0.1) is 11.3 Å². The van der Waals surface area contributed by atoms with Crippen LogP contribution in [0.25, 0.3) is 6.08 Å². The van der Waals surface area contributed by atoms with Crippen LogP contribution >= 0.6 is 0 Å². The summed E-state index contributed by atoms with van der Waals surface area (Å²) >= 11 is 0. The van der Waals surface area contributed by atoms with Gasteiger partial charge < -0.3 is 9.47 Å². The average molecular weight is 389 g/mol. The third-order valence-corrected chi connectivity index (χ3v) is 4.88. The van der Waals surface area contributed by atoms with Crippen molar-refractivity contribution in [2.75, 3.05) is 6.61 Å². The first-order valence-electron chi connectivity index (χ1n) is 9.73. The number of carbonyl (C=O) groups excluding carboxylic acids is 2. The van der Waals surface area contributed by atoms with E-state index in [2.05, 4.69) is 0 Å². The molecule has 0 bridgehead atoms. The number of rotatable bonds is 7. The van der Waals surface area contributed by atoms with Crippen LogP contribution in [0.2, 0.25) is 0 Å². The quantitative estimate of drug-likeness (QED) is 0.305. The topological polar surface area (TPSA) is 76.4 Å². The SMILES string of the molecule is CCOc1ccc(/C=C(\C#N)C(=O)O[C@@H](C)C(=O)c2ccc3c(c2)CCC3)cc1. The van der Waals surface area contributed by atoms with E-state index in [1.54, 1.807) is 30.3 Å². The summed E-state index contributed by atoms with van der Waals surface area (Å²) in [7, 11) is 0. The van der Waals surface area contributed by atoms with Gasteiger partial charge in [0.15, 0.2) is 6.10 Å². The summed E-state index contributed by atoms with van der Waals surface area (Å²) in [4.78, 5) is 25.0. The van der Waals surface area contributed by atoms with Gasteiger partial charge in [0.25, 0.3) is 0 Å². The maximum Gasteiger partial charge on any atom is 0.349 e. The standard InChI is InChI=1S/C24H23NO4/c1-3-28-22-11-7-17(8-12-22)13-21(15-25)24(27)29-16(2)23(26)20-10-9-18-5-4-6-19(18)14-20/h7-14,16H,3-6H2,1-2H3/b21-13+/t16-/m0/s1. The molecule has 0 aliphatic heterocycles. The van der Waals surface area contributed by atoms with Crippen molar-refractivity contribution < 1.29 is 19.1 Å². The van der Waals surface area contributed by atoms with E-state index in [-0.39, 0.29) is 11.4 Å². The summed E-state index contributed by atoms with van der Waals surface area (Å²) < 4.78 is 10.6. The number of carbonyl (C=O) groups is 2. The lowest BCUT2D eigenvalue weighted by molar-refractivity contribution is -0.141. The Kier molecular flexibility index (Phi) is 6.46. The first-order valence-corrected chi connectivity index (χ1v) is 9.73. The number of esters is 1. The van der Waals surface area contributed by atoms with Gasteiger partial charge in [-0.05, 0) is 74.1 Å². The number of ketones is 1. The van der Waals surface area contributed by atoms with Gasteiger partial charge in [0.05, 0.1) is 6.61 Å². The molecule has 5 heteroatoms. The number of nitriles is 1. The number of benzene rings is 2. The van der Waals surface area contributed by atoms with Crippen molar-refractivity contribution in [3.05, 3.63) is 70.3 Å². The van der Waals surface area contributed by atoms with E-state index >= 15 is 0 Å². The van der Waals surface area contributed by atoms with E-state index in [9.17, 15) is 14.9 Å². The first kappa shape index (κ1) is 20.3. The van der Waals surface area contributed by atoms with E-state index in [4.69, 9.17) is 9.47 Å². The summed E-state index contributed by atoms with van der Waals surface area (Å²) in [6.45, 7) is 3.98. The van der Waals surface area contributed by atoms with Crippen LogP contribution in [-0.4, -0.2) is 24.5 Å². The average Bonchev–Trinajstić information content (AvgIpc) is 3.20. The van der Waals surface area contributed by atoms with Gasteiger partial charge in [-0.1, -0.05) is 24.3 Å². The molecule has 0 N–H and O–H groups in total. The number of aryl methyl sites for hydroxylation is 2. The fourth-order valence-electron chi connectivity index (χ4n) is 3.37. The minimum Gasteiger partial charge on any atom is -0.494 e. The van der Waals surface area contributed by atoms with Crippen molar-refractivity contribution in [3.63, 3.8) is 0 Å². The minimum absolute atomic E-state index is 0.164.